The lowest BCUT2D eigenvalue weighted by atomic mass is 10.2. The van der Waals surface area contributed by atoms with Crippen molar-refractivity contribution in [3.05, 3.63) is 53.4 Å². The molecule has 2 aromatic heterocycles. The Morgan fingerprint density at radius 2 is 1.94 bits per heavy atom. The molecule has 0 amide bonds. The lowest BCUT2D eigenvalue weighted by Gasteiger charge is -2.03. The maximum atomic E-state index is 5.14. The topological polar surface area (TPSA) is 27.1 Å². The molecule has 0 N–H and O–H groups in total. The monoisotopic (exact) mass is 256 g/mol. The summed E-state index contributed by atoms with van der Waals surface area (Å²) < 4.78 is 7.01. The van der Waals surface area contributed by atoms with Gasteiger partial charge in [0.15, 0.2) is 0 Å². The molecule has 0 aliphatic carbocycles. The first-order valence-corrected chi connectivity index (χ1v) is 6.54. The zero-order valence-corrected chi connectivity index (χ0v) is 10.7. The predicted molar refractivity (Wildman–Crippen MR) is 73.4 cm³/mol. The molecule has 18 heavy (non-hydrogen) atoms. The van der Waals surface area contributed by atoms with Crippen LogP contribution >= 0.6 is 11.3 Å². The van der Waals surface area contributed by atoms with Crippen LogP contribution in [0.2, 0.25) is 0 Å². The smallest absolute Gasteiger partial charge is 0.119 e. The number of benzene rings is 1. The molecule has 0 aliphatic rings. The fourth-order valence-corrected chi connectivity index (χ4v) is 2.42. The zero-order chi connectivity index (χ0) is 12.4. The van der Waals surface area contributed by atoms with Crippen molar-refractivity contribution in [3.8, 4) is 22.7 Å². The Labute approximate surface area is 109 Å². The Kier molecular flexibility index (Phi) is 2.86. The van der Waals surface area contributed by atoms with E-state index in [1.807, 2.05) is 41.2 Å². The molecule has 1 aromatic carbocycles. The minimum atomic E-state index is 0.851. The average Bonchev–Trinajstić information content (AvgIpc) is 3.09. The van der Waals surface area contributed by atoms with Crippen molar-refractivity contribution < 1.29 is 4.74 Å². The van der Waals surface area contributed by atoms with Gasteiger partial charge in [0.2, 0.25) is 0 Å². The number of hydrogen-bond acceptors (Lipinski definition) is 3. The number of nitrogens with zero attached hydrogens (tertiary/aromatic N) is 2. The van der Waals surface area contributed by atoms with E-state index in [1.165, 1.54) is 0 Å². The molecular weight excluding hydrogens is 244 g/mol. The Balaban J connectivity index is 1.92. The fraction of sp³-hybridized carbons (Fsp3) is 0.0714. The number of methoxy groups -OCH3 is 1. The van der Waals surface area contributed by atoms with E-state index in [0.717, 1.165) is 22.7 Å². The molecule has 3 rings (SSSR count). The standard InChI is InChI=1S/C14H12N2OS/c1-17-13-4-2-12(3-5-13)16-8-6-14(15-16)11-7-9-18-10-11/h2-10H,1H3. The highest BCUT2D eigenvalue weighted by molar-refractivity contribution is 7.08. The predicted octanol–water partition coefficient (Wildman–Crippen LogP) is 3.61. The summed E-state index contributed by atoms with van der Waals surface area (Å²) in [6, 6.07) is 11.9. The highest BCUT2D eigenvalue weighted by atomic mass is 32.1. The first-order chi connectivity index (χ1) is 8.86. The Morgan fingerprint density at radius 3 is 2.61 bits per heavy atom. The molecule has 3 nitrogen and oxygen atoms in total. The summed E-state index contributed by atoms with van der Waals surface area (Å²) in [4.78, 5) is 0. The summed E-state index contributed by atoms with van der Waals surface area (Å²) in [6.45, 7) is 0. The van der Waals surface area contributed by atoms with Crippen LogP contribution in [0.5, 0.6) is 5.75 Å². The van der Waals surface area contributed by atoms with Gasteiger partial charge in [0.25, 0.3) is 0 Å². The van der Waals surface area contributed by atoms with Crippen LogP contribution in [-0.2, 0) is 0 Å². The van der Waals surface area contributed by atoms with Gasteiger partial charge in [0.05, 0.1) is 18.5 Å². The van der Waals surface area contributed by atoms with Gasteiger partial charge in [-0.15, -0.1) is 0 Å². The molecule has 90 valence electrons. The average molecular weight is 256 g/mol. The largest absolute Gasteiger partial charge is 0.497 e. The van der Waals surface area contributed by atoms with Gasteiger partial charge in [-0.1, -0.05) is 0 Å². The van der Waals surface area contributed by atoms with Crippen LogP contribution < -0.4 is 4.74 Å². The van der Waals surface area contributed by atoms with Crippen molar-refractivity contribution in [2.75, 3.05) is 7.11 Å². The lowest BCUT2D eigenvalue weighted by molar-refractivity contribution is 0.414. The van der Waals surface area contributed by atoms with Gasteiger partial charge in [-0.3, -0.25) is 0 Å². The van der Waals surface area contributed by atoms with Gasteiger partial charge in [-0.25, -0.2) is 4.68 Å². The van der Waals surface area contributed by atoms with Crippen LogP contribution in [0.25, 0.3) is 16.9 Å². The summed E-state index contributed by atoms with van der Waals surface area (Å²) in [5.41, 5.74) is 3.18. The summed E-state index contributed by atoms with van der Waals surface area (Å²) in [5.74, 6) is 0.851. The summed E-state index contributed by atoms with van der Waals surface area (Å²) >= 11 is 1.68. The van der Waals surface area contributed by atoms with Gasteiger partial charge >= 0.3 is 0 Å². The number of thiophene rings is 1. The molecule has 2 heterocycles. The third-order valence-corrected chi connectivity index (χ3v) is 3.43. The molecule has 0 spiro atoms. The molecule has 0 fully saturated rings. The van der Waals surface area contributed by atoms with Crippen LogP contribution in [0.4, 0.5) is 0 Å². The van der Waals surface area contributed by atoms with E-state index < -0.39 is 0 Å². The van der Waals surface area contributed by atoms with E-state index >= 15 is 0 Å². The summed E-state index contributed by atoms with van der Waals surface area (Å²) in [6.07, 6.45) is 1.97. The van der Waals surface area contributed by atoms with Crippen LogP contribution in [0.1, 0.15) is 0 Å². The highest BCUT2D eigenvalue weighted by Gasteiger charge is 2.04. The van der Waals surface area contributed by atoms with Crippen LogP contribution in [-0.4, -0.2) is 16.9 Å². The second-order valence-corrected chi connectivity index (χ2v) is 4.64. The molecule has 4 heteroatoms. The van der Waals surface area contributed by atoms with E-state index in [4.69, 9.17) is 4.74 Å². The Morgan fingerprint density at radius 1 is 1.11 bits per heavy atom. The minimum absolute atomic E-state index is 0.851. The second-order valence-electron chi connectivity index (χ2n) is 3.86. The fourth-order valence-electron chi connectivity index (χ4n) is 1.77. The molecule has 0 saturated heterocycles. The van der Waals surface area contributed by atoms with Crippen molar-refractivity contribution in [2.45, 2.75) is 0 Å². The van der Waals surface area contributed by atoms with E-state index in [2.05, 4.69) is 21.9 Å². The van der Waals surface area contributed by atoms with Crippen LogP contribution in [0.3, 0.4) is 0 Å². The Hall–Kier alpha value is -2.07. The molecule has 3 aromatic rings. The molecule has 0 aliphatic heterocycles. The van der Waals surface area contributed by atoms with Gasteiger partial charge in [0, 0.05) is 17.1 Å². The third kappa shape index (κ3) is 2.02. The van der Waals surface area contributed by atoms with E-state index in [0.29, 0.717) is 0 Å². The molecule has 0 saturated carbocycles. The van der Waals surface area contributed by atoms with Crippen molar-refractivity contribution in [1.82, 2.24) is 9.78 Å². The van der Waals surface area contributed by atoms with E-state index in [9.17, 15) is 0 Å². The van der Waals surface area contributed by atoms with E-state index in [1.54, 1.807) is 18.4 Å². The van der Waals surface area contributed by atoms with Gasteiger partial charge in [-0.2, -0.15) is 16.4 Å². The van der Waals surface area contributed by atoms with Crippen molar-refractivity contribution in [1.29, 1.82) is 0 Å². The second kappa shape index (κ2) is 4.66. The quantitative estimate of drug-likeness (QED) is 0.715. The number of aromatic nitrogens is 2. The highest BCUT2D eigenvalue weighted by Crippen LogP contribution is 2.21. The van der Waals surface area contributed by atoms with Gasteiger partial charge < -0.3 is 4.74 Å². The van der Waals surface area contributed by atoms with Gasteiger partial charge in [-0.05, 0) is 41.8 Å². The SMILES string of the molecule is COc1ccc(-n2ccc(-c3ccsc3)n2)cc1. The normalized spacial score (nSPS) is 10.5. The molecule has 0 unspecified atom stereocenters. The summed E-state index contributed by atoms with van der Waals surface area (Å²) in [5, 5.41) is 8.72. The van der Waals surface area contributed by atoms with Crippen molar-refractivity contribution >= 4 is 11.3 Å². The third-order valence-electron chi connectivity index (χ3n) is 2.74. The zero-order valence-electron chi connectivity index (χ0n) is 9.91. The molecule has 0 radical (unpaired) electrons. The maximum absolute atomic E-state index is 5.14. The number of ether oxygens (including phenoxy) is 1. The number of hydrogen-bond donors (Lipinski definition) is 0. The molecular formula is C14H12N2OS. The molecule has 0 atom stereocenters. The Bertz CT molecular complexity index is 626. The van der Waals surface area contributed by atoms with E-state index in [-0.39, 0.29) is 0 Å². The lowest BCUT2D eigenvalue weighted by Crippen LogP contribution is -1.94. The molecule has 0 bridgehead atoms. The maximum Gasteiger partial charge on any atom is 0.119 e. The minimum Gasteiger partial charge on any atom is -0.497 e. The van der Waals surface area contributed by atoms with Crippen molar-refractivity contribution in [3.63, 3.8) is 0 Å². The van der Waals surface area contributed by atoms with Crippen LogP contribution in [0, 0.1) is 0 Å². The first kappa shape index (κ1) is 11.0. The van der Waals surface area contributed by atoms with Gasteiger partial charge in [0.1, 0.15) is 5.75 Å². The summed E-state index contributed by atoms with van der Waals surface area (Å²) in [7, 11) is 1.66. The van der Waals surface area contributed by atoms with Crippen LogP contribution in [0.15, 0.2) is 53.4 Å². The first-order valence-electron chi connectivity index (χ1n) is 5.59. The number of rotatable bonds is 3. The van der Waals surface area contributed by atoms with Crippen molar-refractivity contribution in [2.24, 2.45) is 0 Å².